The molecule has 1 aliphatic rings. The van der Waals surface area contributed by atoms with Gasteiger partial charge in [-0.3, -0.25) is 10.1 Å². The largest absolute Gasteiger partial charge is 0.501 e. The maximum absolute atomic E-state index is 13.3. The van der Waals surface area contributed by atoms with Crippen LogP contribution in [-0.2, 0) is 21.2 Å². The fraction of sp³-hybridized carbons (Fsp3) is 0.200. The molecule has 0 unspecified atom stereocenters. The van der Waals surface area contributed by atoms with Gasteiger partial charge in [-0.25, -0.2) is 27.9 Å². The molecule has 2 heterocycles. The molecule has 1 aromatic heterocycles. The summed E-state index contributed by atoms with van der Waals surface area (Å²) in [6.45, 7) is 2.90. The predicted molar refractivity (Wildman–Crippen MR) is 133 cm³/mol. The Balaban J connectivity index is 1.52. The van der Waals surface area contributed by atoms with Gasteiger partial charge in [0.1, 0.15) is 17.1 Å². The molecule has 4 amide bonds. The number of hydrogen-bond acceptors (Lipinski definition) is 7. The number of hydrogen-bond donors (Lipinski definition) is 1. The van der Waals surface area contributed by atoms with Gasteiger partial charge in [-0.1, -0.05) is 18.2 Å². The molecule has 10 nitrogen and oxygen atoms in total. The van der Waals surface area contributed by atoms with Crippen molar-refractivity contribution in [1.82, 2.24) is 9.88 Å². The molecule has 0 radical (unpaired) electrons. The molecule has 0 atom stereocenters. The van der Waals surface area contributed by atoms with Crippen LogP contribution < -0.4 is 15.0 Å². The first-order chi connectivity index (χ1) is 18.2. The summed E-state index contributed by atoms with van der Waals surface area (Å²) in [6, 6.07) is 13.9. The number of amides is 4. The highest BCUT2D eigenvalue weighted by atomic mass is 32.2. The van der Waals surface area contributed by atoms with E-state index in [2.05, 4.69) is 10.3 Å². The van der Waals surface area contributed by atoms with Gasteiger partial charge in [0.25, 0.3) is 15.7 Å². The lowest BCUT2D eigenvalue weighted by atomic mass is 10.0. The minimum Gasteiger partial charge on any atom is -0.410 e. The minimum atomic E-state index is -5.59. The van der Waals surface area contributed by atoms with E-state index in [-0.39, 0.29) is 18.1 Å². The van der Waals surface area contributed by atoms with Gasteiger partial charge < -0.3 is 9.64 Å². The molecule has 1 aliphatic heterocycles. The maximum Gasteiger partial charge on any atom is 0.501 e. The fourth-order valence-electron chi connectivity index (χ4n) is 3.79. The highest BCUT2D eigenvalue weighted by molar-refractivity contribution is 7.92. The predicted octanol–water partition coefficient (Wildman–Crippen LogP) is 4.73. The monoisotopic (exact) mass is 562 g/mol. The molecular weight excluding hydrogens is 541 g/mol. The Morgan fingerprint density at radius 3 is 2.28 bits per heavy atom. The van der Waals surface area contributed by atoms with Gasteiger partial charge in [-0.2, -0.15) is 13.2 Å². The van der Waals surface area contributed by atoms with Crippen molar-refractivity contribution in [1.29, 1.82) is 0 Å². The molecule has 1 fully saturated rings. The van der Waals surface area contributed by atoms with Crippen LogP contribution in [0.5, 0.6) is 5.75 Å². The first-order valence-electron chi connectivity index (χ1n) is 11.3. The van der Waals surface area contributed by atoms with Crippen molar-refractivity contribution >= 4 is 39.4 Å². The summed E-state index contributed by atoms with van der Waals surface area (Å²) in [5, 5.41) is 2.48. The van der Waals surface area contributed by atoms with Gasteiger partial charge in [-0.15, -0.1) is 0 Å². The quantitative estimate of drug-likeness (QED) is 0.431. The molecule has 4 rings (SSSR count). The number of nitrogens with zero attached hydrogens (tertiary/aromatic N) is 3. The number of aromatic nitrogens is 1. The van der Waals surface area contributed by atoms with Gasteiger partial charge in [0, 0.05) is 12.7 Å². The van der Waals surface area contributed by atoms with Gasteiger partial charge in [0.05, 0.1) is 10.6 Å². The average molecular weight is 563 g/mol. The number of imide groups is 1. The summed E-state index contributed by atoms with van der Waals surface area (Å²) >= 11 is 0. The van der Waals surface area contributed by atoms with E-state index >= 15 is 0 Å². The number of alkyl halides is 3. The Kier molecular flexibility index (Phi) is 7.08. The summed E-state index contributed by atoms with van der Waals surface area (Å²) in [5.74, 6) is -0.224. The van der Waals surface area contributed by atoms with Crippen LogP contribution in [0.1, 0.15) is 19.4 Å². The zero-order valence-electron chi connectivity index (χ0n) is 20.5. The van der Waals surface area contributed by atoms with Crippen LogP contribution in [0.3, 0.4) is 0 Å². The van der Waals surface area contributed by atoms with Gasteiger partial charge >= 0.3 is 17.6 Å². The number of para-hydroxylation sites is 1. The summed E-state index contributed by atoms with van der Waals surface area (Å²) in [7, 11) is -5.59. The average Bonchev–Trinajstić information content (AvgIpc) is 3.03. The lowest BCUT2D eigenvalue weighted by Crippen LogP contribution is -2.43. The Hall–Kier alpha value is -4.46. The number of anilines is 2. The zero-order chi connectivity index (χ0) is 28.6. The van der Waals surface area contributed by atoms with E-state index in [1.54, 1.807) is 36.4 Å². The first-order valence-corrected chi connectivity index (χ1v) is 12.8. The number of urea groups is 1. The Labute approximate surface area is 220 Å². The van der Waals surface area contributed by atoms with Crippen molar-refractivity contribution in [2.75, 3.05) is 10.2 Å². The van der Waals surface area contributed by atoms with E-state index in [1.807, 2.05) is 0 Å². The summed E-state index contributed by atoms with van der Waals surface area (Å²) < 4.78 is 67.0. The van der Waals surface area contributed by atoms with Gasteiger partial charge in [0.2, 0.25) is 0 Å². The van der Waals surface area contributed by atoms with Crippen molar-refractivity contribution in [2.24, 2.45) is 0 Å². The highest BCUT2D eigenvalue weighted by Crippen LogP contribution is 2.35. The van der Waals surface area contributed by atoms with Crippen molar-refractivity contribution in [3.8, 4) is 5.75 Å². The standard InChI is InChI=1S/C25H21F3N4O6S/c1-24(2)21(33)32(17-8-10-19(11-9-17)39(36,37)25(26,27)28)23(35)31(24)15-16-12-13-29-20(14-16)30-22(34)38-18-6-4-3-5-7-18/h3-14H,15H2,1-2H3,(H,29,30,34). The molecule has 204 valence electrons. The number of halogens is 3. The second kappa shape index (κ2) is 10.0. The SMILES string of the molecule is CC1(C)C(=O)N(c2ccc(S(=O)(=O)C(F)(F)F)cc2)C(=O)N1Cc1ccnc(NC(=O)Oc2ccccc2)c1. The molecule has 0 aliphatic carbocycles. The lowest BCUT2D eigenvalue weighted by Gasteiger charge is -2.27. The number of pyridine rings is 1. The zero-order valence-corrected chi connectivity index (χ0v) is 21.3. The van der Waals surface area contributed by atoms with Crippen LogP contribution >= 0.6 is 0 Å². The highest BCUT2D eigenvalue weighted by Gasteiger charge is 2.52. The van der Waals surface area contributed by atoms with Crippen molar-refractivity contribution in [3.05, 3.63) is 78.5 Å². The molecule has 0 bridgehead atoms. The van der Waals surface area contributed by atoms with Crippen molar-refractivity contribution in [3.63, 3.8) is 0 Å². The number of ether oxygens (including phenoxy) is 1. The summed E-state index contributed by atoms with van der Waals surface area (Å²) in [5.41, 5.74) is -6.45. The van der Waals surface area contributed by atoms with Crippen LogP contribution in [0.4, 0.5) is 34.3 Å². The van der Waals surface area contributed by atoms with Crippen LogP contribution in [0.15, 0.2) is 77.8 Å². The first kappa shape index (κ1) is 27.6. The van der Waals surface area contributed by atoms with Gasteiger partial charge in [-0.05, 0) is 67.9 Å². The lowest BCUT2D eigenvalue weighted by molar-refractivity contribution is -0.123. The van der Waals surface area contributed by atoms with E-state index in [1.165, 1.54) is 31.0 Å². The Morgan fingerprint density at radius 1 is 1.03 bits per heavy atom. The van der Waals surface area contributed by atoms with E-state index in [0.717, 1.165) is 17.0 Å². The molecule has 0 spiro atoms. The topological polar surface area (TPSA) is 126 Å². The van der Waals surface area contributed by atoms with E-state index < -0.39 is 43.8 Å². The summed E-state index contributed by atoms with van der Waals surface area (Å²) in [6.07, 6.45) is 0.598. The molecule has 39 heavy (non-hydrogen) atoms. The second-order valence-corrected chi connectivity index (χ2v) is 10.8. The molecule has 0 saturated carbocycles. The fourth-order valence-corrected chi connectivity index (χ4v) is 4.55. The van der Waals surface area contributed by atoms with Crippen LogP contribution in [0.2, 0.25) is 0 Å². The second-order valence-electron chi connectivity index (χ2n) is 8.89. The molecular formula is C25H21F3N4O6S. The van der Waals surface area contributed by atoms with Crippen LogP contribution in [0.25, 0.3) is 0 Å². The maximum atomic E-state index is 13.3. The molecule has 14 heteroatoms. The Bertz CT molecular complexity index is 1530. The van der Waals surface area contributed by atoms with E-state index in [9.17, 15) is 36.0 Å². The number of rotatable bonds is 6. The van der Waals surface area contributed by atoms with Gasteiger partial charge in [0.15, 0.2) is 0 Å². The third kappa shape index (κ3) is 5.41. The van der Waals surface area contributed by atoms with Crippen molar-refractivity contribution in [2.45, 2.75) is 36.3 Å². The smallest absolute Gasteiger partial charge is 0.410 e. The number of sulfone groups is 1. The number of carbonyl (C=O) groups is 3. The third-order valence-electron chi connectivity index (χ3n) is 5.88. The van der Waals surface area contributed by atoms with Crippen LogP contribution in [0, 0.1) is 0 Å². The number of nitrogens with one attached hydrogen (secondary N) is 1. The Morgan fingerprint density at radius 2 is 1.67 bits per heavy atom. The van der Waals surface area contributed by atoms with E-state index in [0.29, 0.717) is 23.4 Å². The van der Waals surface area contributed by atoms with Crippen molar-refractivity contribution < 1.29 is 40.7 Å². The van der Waals surface area contributed by atoms with E-state index in [4.69, 9.17) is 4.74 Å². The molecule has 1 saturated heterocycles. The number of carbonyl (C=O) groups excluding carboxylic acids is 3. The molecule has 3 aromatic rings. The molecule has 1 N–H and O–H groups in total. The minimum absolute atomic E-state index is 0.0838. The van der Waals surface area contributed by atoms with Crippen LogP contribution in [-0.4, -0.2) is 47.4 Å². The summed E-state index contributed by atoms with van der Waals surface area (Å²) in [4.78, 5) is 43.6. The number of benzene rings is 2. The normalized spacial score (nSPS) is 15.4. The molecule has 2 aromatic carbocycles. The third-order valence-corrected chi connectivity index (χ3v) is 7.38.